The molecule has 1 aliphatic rings. The topological polar surface area (TPSA) is 65.4 Å². The number of aromatic nitrogens is 2. The van der Waals surface area contributed by atoms with Gasteiger partial charge in [0.25, 0.3) is 5.91 Å². The quantitative estimate of drug-likeness (QED) is 0.679. The normalized spacial score (nSPS) is 13.8. The molecule has 0 fully saturated rings. The zero-order chi connectivity index (χ0) is 18.8. The second-order valence-corrected chi connectivity index (χ2v) is 6.38. The fourth-order valence-corrected chi connectivity index (χ4v) is 3.52. The van der Waals surface area contributed by atoms with Gasteiger partial charge in [0.15, 0.2) is 6.29 Å². The maximum Gasteiger partial charge on any atom is 0.253 e. The fourth-order valence-electron chi connectivity index (χ4n) is 3.52. The van der Waals surface area contributed by atoms with Crippen LogP contribution in [0, 0.1) is 0 Å². The van der Waals surface area contributed by atoms with Crippen molar-refractivity contribution in [1.29, 1.82) is 0 Å². The van der Waals surface area contributed by atoms with Crippen LogP contribution < -0.4 is 5.32 Å². The summed E-state index contributed by atoms with van der Waals surface area (Å²) in [6.45, 7) is 6.37. The second-order valence-electron chi connectivity index (χ2n) is 6.38. The Hall–Kier alpha value is -2.70. The Balaban J connectivity index is 1.75. The zero-order valence-electron chi connectivity index (χ0n) is 15.6. The Labute approximate surface area is 158 Å². The molecule has 27 heavy (non-hydrogen) atoms. The zero-order valence-corrected chi connectivity index (χ0v) is 15.6. The molecule has 2 aromatic carbocycles. The van der Waals surface area contributed by atoms with Crippen LogP contribution in [0.4, 0.5) is 0 Å². The van der Waals surface area contributed by atoms with Crippen LogP contribution in [0.1, 0.15) is 36.1 Å². The first kappa shape index (κ1) is 17.7. The maximum atomic E-state index is 12.3. The fraction of sp³-hybridized carbons (Fsp3) is 0.333. The maximum absolute atomic E-state index is 12.3. The highest BCUT2D eigenvalue weighted by molar-refractivity contribution is 6.06. The van der Waals surface area contributed by atoms with E-state index in [1.54, 1.807) is 0 Å². The third-order valence-electron chi connectivity index (χ3n) is 4.71. The SMILES string of the molecule is CCOC(OCC)c1ccc(-c2nc3cccc4c3n2CCNC4=O)cc1. The number of ether oxygens (including phenoxy) is 2. The van der Waals surface area contributed by atoms with E-state index < -0.39 is 0 Å². The van der Waals surface area contributed by atoms with Gasteiger partial charge in [-0.3, -0.25) is 4.79 Å². The molecule has 2 heterocycles. The van der Waals surface area contributed by atoms with E-state index in [4.69, 9.17) is 14.5 Å². The minimum absolute atomic E-state index is 0.0441. The van der Waals surface area contributed by atoms with Gasteiger partial charge >= 0.3 is 0 Å². The summed E-state index contributed by atoms with van der Waals surface area (Å²) in [4.78, 5) is 17.1. The van der Waals surface area contributed by atoms with Gasteiger partial charge in [0.1, 0.15) is 5.82 Å². The van der Waals surface area contributed by atoms with Crippen molar-refractivity contribution in [2.75, 3.05) is 19.8 Å². The standard InChI is InChI=1S/C21H23N3O3/c1-3-26-21(27-4-2)15-10-8-14(9-11-15)19-23-17-7-5-6-16-18(17)24(19)13-12-22-20(16)25/h5-11,21H,3-4,12-13H2,1-2H3,(H,22,25). The third-order valence-corrected chi connectivity index (χ3v) is 4.71. The number of hydrogen-bond donors (Lipinski definition) is 1. The highest BCUT2D eigenvalue weighted by atomic mass is 16.7. The van der Waals surface area contributed by atoms with Crippen molar-refractivity contribution in [3.05, 3.63) is 53.6 Å². The molecule has 0 atom stereocenters. The van der Waals surface area contributed by atoms with Crippen molar-refractivity contribution in [3.8, 4) is 11.4 Å². The number of hydrogen-bond acceptors (Lipinski definition) is 4. The molecule has 3 aromatic rings. The van der Waals surface area contributed by atoms with Crippen LogP contribution in [0.15, 0.2) is 42.5 Å². The van der Waals surface area contributed by atoms with Crippen LogP contribution in [-0.4, -0.2) is 35.2 Å². The summed E-state index contributed by atoms with van der Waals surface area (Å²) in [5.74, 6) is 0.822. The van der Waals surface area contributed by atoms with Crippen molar-refractivity contribution in [2.24, 2.45) is 0 Å². The van der Waals surface area contributed by atoms with E-state index >= 15 is 0 Å². The van der Waals surface area contributed by atoms with Crippen LogP contribution in [0.3, 0.4) is 0 Å². The molecule has 0 aliphatic carbocycles. The first-order chi connectivity index (χ1) is 13.2. The van der Waals surface area contributed by atoms with Gasteiger partial charge in [-0.05, 0) is 26.0 Å². The molecule has 0 radical (unpaired) electrons. The number of carbonyl (C=O) groups is 1. The van der Waals surface area contributed by atoms with Crippen molar-refractivity contribution in [3.63, 3.8) is 0 Å². The molecule has 0 saturated carbocycles. The highest BCUT2D eigenvalue weighted by Gasteiger charge is 2.22. The van der Waals surface area contributed by atoms with E-state index in [-0.39, 0.29) is 12.2 Å². The predicted octanol–water partition coefficient (Wildman–Crippen LogP) is 3.52. The van der Waals surface area contributed by atoms with Gasteiger partial charge in [-0.2, -0.15) is 0 Å². The van der Waals surface area contributed by atoms with Gasteiger partial charge in [0.2, 0.25) is 0 Å². The minimum Gasteiger partial charge on any atom is -0.350 e. The number of imidazole rings is 1. The molecule has 1 aliphatic heterocycles. The lowest BCUT2D eigenvalue weighted by atomic mass is 10.1. The van der Waals surface area contributed by atoms with Crippen LogP contribution in [0.5, 0.6) is 0 Å². The number of rotatable bonds is 6. The van der Waals surface area contributed by atoms with E-state index in [1.165, 1.54) is 0 Å². The number of nitrogens with one attached hydrogen (secondary N) is 1. The molecule has 0 saturated heterocycles. The van der Waals surface area contributed by atoms with Gasteiger partial charge in [-0.1, -0.05) is 30.3 Å². The summed E-state index contributed by atoms with van der Waals surface area (Å²) in [5.41, 5.74) is 4.39. The van der Waals surface area contributed by atoms with Crippen molar-refractivity contribution >= 4 is 16.9 Å². The Morgan fingerprint density at radius 3 is 2.56 bits per heavy atom. The van der Waals surface area contributed by atoms with E-state index in [9.17, 15) is 4.79 Å². The summed E-state index contributed by atoms with van der Waals surface area (Å²) in [6.07, 6.45) is -0.358. The van der Waals surface area contributed by atoms with E-state index in [0.717, 1.165) is 28.0 Å². The highest BCUT2D eigenvalue weighted by Crippen LogP contribution is 2.29. The van der Waals surface area contributed by atoms with Crippen LogP contribution in [-0.2, 0) is 16.0 Å². The van der Waals surface area contributed by atoms with Crippen LogP contribution >= 0.6 is 0 Å². The molecule has 1 amide bonds. The minimum atomic E-state index is -0.358. The lowest BCUT2D eigenvalue weighted by molar-refractivity contribution is -0.140. The average molecular weight is 365 g/mol. The Morgan fingerprint density at radius 2 is 1.85 bits per heavy atom. The number of nitrogens with zero attached hydrogens (tertiary/aromatic N) is 2. The smallest absolute Gasteiger partial charge is 0.253 e. The van der Waals surface area contributed by atoms with E-state index in [1.807, 2.05) is 56.3 Å². The molecule has 6 heteroatoms. The first-order valence-electron chi connectivity index (χ1n) is 9.34. The van der Waals surface area contributed by atoms with Gasteiger partial charge in [-0.25, -0.2) is 4.98 Å². The molecular weight excluding hydrogens is 342 g/mol. The van der Waals surface area contributed by atoms with Crippen molar-refractivity contribution in [2.45, 2.75) is 26.7 Å². The Bertz CT molecular complexity index is 957. The number of benzene rings is 2. The molecule has 0 spiro atoms. The predicted molar refractivity (Wildman–Crippen MR) is 103 cm³/mol. The number of carbonyl (C=O) groups excluding carboxylic acids is 1. The summed E-state index contributed by atoms with van der Waals surface area (Å²) in [7, 11) is 0. The average Bonchev–Trinajstić information content (AvgIpc) is 2.97. The molecule has 6 nitrogen and oxygen atoms in total. The third kappa shape index (κ3) is 3.22. The summed E-state index contributed by atoms with van der Waals surface area (Å²) < 4.78 is 13.5. The summed E-state index contributed by atoms with van der Waals surface area (Å²) >= 11 is 0. The van der Waals surface area contributed by atoms with E-state index in [0.29, 0.717) is 31.9 Å². The summed E-state index contributed by atoms with van der Waals surface area (Å²) in [6, 6.07) is 13.8. The largest absolute Gasteiger partial charge is 0.350 e. The number of para-hydroxylation sites is 1. The lowest BCUT2D eigenvalue weighted by Gasteiger charge is -2.17. The van der Waals surface area contributed by atoms with Gasteiger partial charge in [-0.15, -0.1) is 0 Å². The molecule has 140 valence electrons. The van der Waals surface area contributed by atoms with Gasteiger partial charge < -0.3 is 19.4 Å². The van der Waals surface area contributed by atoms with Gasteiger partial charge in [0.05, 0.1) is 16.6 Å². The molecule has 1 N–H and O–H groups in total. The molecule has 0 bridgehead atoms. The Morgan fingerprint density at radius 1 is 1.11 bits per heavy atom. The molecule has 1 aromatic heterocycles. The number of amides is 1. The monoisotopic (exact) mass is 365 g/mol. The Kier molecular flexibility index (Phi) is 4.92. The molecule has 4 rings (SSSR count). The first-order valence-corrected chi connectivity index (χ1v) is 9.34. The lowest BCUT2D eigenvalue weighted by Crippen LogP contribution is -2.24. The van der Waals surface area contributed by atoms with E-state index in [2.05, 4.69) is 9.88 Å². The van der Waals surface area contributed by atoms with Crippen molar-refractivity contribution < 1.29 is 14.3 Å². The van der Waals surface area contributed by atoms with Crippen LogP contribution in [0.2, 0.25) is 0 Å². The second kappa shape index (κ2) is 7.50. The van der Waals surface area contributed by atoms with Crippen molar-refractivity contribution in [1.82, 2.24) is 14.9 Å². The molecular formula is C21H23N3O3. The molecule has 0 unspecified atom stereocenters. The summed E-state index contributed by atoms with van der Waals surface area (Å²) in [5, 5.41) is 2.95. The van der Waals surface area contributed by atoms with Gasteiger partial charge in [0, 0.05) is 37.4 Å². The van der Waals surface area contributed by atoms with Crippen LogP contribution in [0.25, 0.3) is 22.4 Å².